The topological polar surface area (TPSA) is 65.5 Å². The van der Waals surface area contributed by atoms with Crippen LogP contribution in [-0.4, -0.2) is 58.2 Å². The van der Waals surface area contributed by atoms with E-state index in [9.17, 15) is 9.59 Å². The van der Waals surface area contributed by atoms with E-state index in [2.05, 4.69) is 22.1 Å². The molecular formula is C21H34N4O2S2. The molecule has 1 saturated carbocycles. The largest absolute Gasteiger partial charge is 0.343 e. The van der Waals surface area contributed by atoms with Crippen molar-refractivity contribution in [1.82, 2.24) is 14.8 Å². The van der Waals surface area contributed by atoms with Gasteiger partial charge in [-0.2, -0.15) is 0 Å². The van der Waals surface area contributed by atoms with Crippen molar-refractivity contribution in [3.63, 3.8) is 0 Å². The molecule has 1 aromatic heterocycles. The quantitative estimate of drug-likeness (QED) is 0.630. The highest BCUT2D eigenvalue weighted by Gasteiger charge is 2.35. The number of aromatic nitrogens is 1. The second-order valence-corrected chi connectivity index (χ2v) is 10.4. The number of urea groups is 1. The maximum Gasteiger partial charge on any atom is 0.324 e. The maximum atomic E-state index is 13.3. The van der Waals surface area contributed by atoms with Gasteiger partial charge < -0.3 is 9.80 Å². The van der Waals surface area contributed by atoms with Gasteiger partial charge in [0.2, 0.25) is 5.91 Å². The van der Waals surface area contributed by atoms with Gasteiger partial charge in [0.25, 0.3) is 0 Å². The molecule has 0 bridgehead atoms. The van der Waals surface area contributed by atoms with Crippen molar-refractivity contribution < 1.29 is 9.59 Å². The third kappa shape index (κ3) is 5.87. The molecule has 162 valence electrons. The van der Waals surface area contributed by atoms with E-state index in [0.717, 1.165) is 55.3 Å². The summed E-state index contributed by atoms with van der Waals surface area (Å²) in [5, 5.41) is 3.73. The molecule has 2 aliphatic rings. The molecule has 6 nitrogen and oxygen atoms in total. The Hall–Kier alpha value is -1.28. The van der Waals surface area contributed by atoms with Gasteiger partial charge in [0.1, 0.15) is 0 Å². The van der Waals surface area contributed by atoms with E-state index in [-0.39, 0.29) is 24.0 Å². The minimum atomic E-state index is -0.0232. The van der Waals surface area contributed by atoms with Crippen molar-refractivity contribution in [2.45, 2.75) is 81.5 Å². The summed E-state index contributed by atoms with van der Waals surface area (Å²) in [6.07, 6.45) is 11.6. The standard InChI is InChI=1S/C21H34N4O2S2/c1-4-5-18(26)24-12-10-17(11-13-24)25(16-8-6-15(2)7-9-16)21(27)23-20-22-14-19(28-3)29-20/h14-17H,4-13H2,1-3H3,(H,22,23,27). The summed E-state index contributed by atoms with van der Waals surface area (Å²) in [5.74, 6) is 0.994. The highest BCUT2D eigenvalue weighted by atomic mass is 32.2. The summed E-state index contributed by atoms with van der Waals surface area (Å²) in [7, 11) is 0. The Morgan fingerprint density at radius 1 is 1.21 bits per heavy atom. The lowest BCUT2D eigenvalue weighted by molar-refractivity contribution is -0.132. The van der Waals surface area contributed by atoms with Crippen LogP contribution in [0.25, 0.3) is 0 Å². The van der Waals surface area contributed by atoms with Crippen LogP contribution >= 0.6 is 23.1 Å². The lowest BCUT2D eigenvalue weighted by Crippen LogP contribution is -2.54. The van der Waals surface area contributed by atoms with Gasteiger partial charge in [-0.3, -0.25) is 10.1 Å². The summed E-state index contributed by atoms with van der Waals surface area (Å²) < 4.78 is 1.10. The van der Waals surface area contributed by atoms with E-state index in [1.54, 1.807) is 11.8 Å². The van der Waals surface area contributed by atoms with Gasteiger partial charge in [0.05, 0.1) is 10.4 Å². The van der Waals surface area contributed by atoms with Gasteiger partial charge in [-0.25, -0.2) is 9.78 Å². The first-order valence-electron chi connectivity index (χ1n) is 10.9. The van der Waals surface area contributed by atoms with Crippen LogP contribution in [-0.2, 0) is 4.79 Å². The number of rotatable bonds is 6. The van der Waals surface area contributed by atoms with E-state index in [1.165, 1.54) is 24.2 Å². The molecule has 0 radical (unpaired) electrons. The van der Waals surface area contributed by atoms with Crippen molar-refractivity contribution in [2.24, 2.45) is 5.92 Å². The Bertz CT molecular complexity index is 680. The fraction of sp³-hybridized carbons (Fsp3) is 0.762. The molecule has 2 fully saturated rings. The average molecular weight is 439 g/mol. The molecule has 1 aliphatic carbocycles. The van der Waals surface area contributed by atoms with Crippen LogP contribution in [0, 0.1) is 5.92 Å². The first-order valence-corrected chi connectivity index (χ1v) is 12.9. The van der Waals surface area contributed by atoms with Gasteiger partial charge in [0, 0.05) is 31.6 Å². The van der Waals surface area contributed by atoms with Crippen molar-refractivity contribution in [3.8, 4) is 0 Å². The third-order valence-electron chi connectivity index (χ3n) is 6.19. The minimum Gasteiger partial charge on any atom is -0.343 e. The fourth-order valence-corrected chi connectivity index (χ4v) is 5.75. The molecule has 0 aromatic carbocycles. The Morgan fingerprint density at radius 2 is 1.86 bits per heavy atom. The second-order valence-electron chi connectivity index (χ2n) is 8.30. The molecule has 3 amide bonds. The smallest absolute Gasteiger partial charge is 0.324 e. The lowest BCUT2D eigenvalue weighted by Gasteiger charge is -2.44. The van der Waals surface area contributed by atoms with Crippen LogP contribution in [0.5, 0.6) is 0 Å². The molecule has 29 heavy (non-hydrogen) atoms. The number of thioether (sulfide) groups is 1. The Balaban J connectivity index is 1.68. The normalized spacial score (nSPS) is 23.1. The number of nitrogens with one attached hydrogen (secondary N) is 1. The molecule has 0 unspecified atom stereocenters. The van der Waals surface area contributed by atoms with Crippen LogP contribution in [0.4, 0.5) is 9.93 Å². The number of amides is 3. The van der Waals surface area contributed by atoms with E-state index in [0.29, 0.717) is 11.6 Å². The molecule has 3 rings (SSSR count). The van der Waals surface area contributed by atoms with Crippen LogP contribution in [0.15, 0.2) is 10.4 Å². The van der Waals surface area contributed by atoms with Crippen LogP contribution in [0.3, 0.4) is 0 Å². The predicted octanol–water partition coefficient (Wildman–Crippen LogP) is 5.07. The van der Waals surface area contributed by atoms with Crippen LogP contribution in [0.1, 0.15) is 65.2 Å². The van der Waals surface area contributed by atoms with Gasteiger partial charge in [-0.05, 0) is 57.1 Å². The van der Waals surface area contributed by atoms with E-state index in [1.807, 2.05) is 24.3 Å². The average Bonchev–Trinajstić information content (AvgIpc) is 3.18. The number of likely N-dealkylation sites (tertiary alicyclic amines) is 1. The summed E-state index contributed by atoms with van der Waals surface area (Å²) >= 11 is 3.16. The number of carbonyl (C=O) groups is 2. The molecule has 1 N–H and O–H groups in total. The molecule has 0 spiro atoms. The van der Waals surface area contributed by atoms with E-state index >= 15 is 0 Å². The predicted molar refractivity (Wildman–Crippen MR) is 121 cm³/mol. The number of nitrogens with zero attached hydrogens (tertiary/aromatic N) is 3. The van der Waals surface area contributed by atoms with Gasteiger partial charge in [-0.15, -0.1) is 11.8 Å². The van der Waals surface area contributed by atoms with Crippen LogP contribution < -0.4 is 5.32 Å². The fourth-order valence-electron chi connectivity index (χ4n) is 4.48. The monoisotopic (exact) mass is 438 g/mol. The van der Waals surface area contributed by atoms with E-state index < -0.39 is 0 Å². The molecular weight excluding hydrogens is 404 g/mol. The summed E-state index contributed by atoms with van der Waals surface area (Å²) in [5.41, 5.74) is 0. The number of hydrogen-bond donors (Lipinski definition) is 1. The van der Waals surface area contributed by atoms with Gasteiger partial charge in [0.15, 0.2) is 5.13 Å². The van der Waals surface area contributed by atoms with Crippen LogP contribution in [0.2, 0.25) is 0 Å². The second kappa shape index (κ2) is 10.7. The maximum absolute atomic E-state index is 13.3. The number of thiazole rings is 1. The van der Waals surface area contributed by atoms with E-state index in [4.69, 9.17) is 0 Å². The zero-order chi connectivity index (χ0) is 20.8. The van der Waals surface area contributed by atoms with Gasteiger partial charge >= 0.3 is 6.03 Å². The molecule has 1 saturated heterocycles. The molecule has 2 heterocycles. The highest BCUT2D eigenvalue weighted by Crippen LogP contribution is 2.32. The minimum absolute atomic E-state index is 0.0232. The van der Waals surface area contributed by atoms with Crippen molar-refractivity contribution in [1.29, 1.82) is 0 Å². The Kier molecular flexibility index (Phi) is 8.24. The SMILES string of the molecule is CCCC(=O)N1CCC(N(C(=O)Nc2ncc(SC)s2)C2CCC(C)CC2)CC1. The first kappa shape index (κ1) is 22.4. The number of carbonyl (C=O) groups excluding carboxylic acids is 2. The molecule has 8 heteroatoms. The summed E-state index contributed by atoms with van der Waals surface area (Å²) in [6, 6.07) is 0.457. The zero-order valence-electron chi connectivity index (χ0n) is 17.9. The molecule has 1 aromatic rings. The van der Waals surface area contributed by atoms with Crippen molar-refractivity contribution in [2.75, 3.05) is 24.7 Å². The lowest BCUT2D eigenvalue weighted by atomic mass is 9.85. The number of hydrogen-bond acceptors (Lipinski definition) is 5. The first-order chi connectivity index (χ1) is 14.0. The summed E-state index contributed by atoms with van der Waals surface area (Å²) in [6.45, 7) is 5.86. The van der Waals surface area contributed by atoms with Crippen molar-refractivity contribution >= 4 is 40.2 Å². The molecule has 1 aliphatic heterocycles. The number of anilines is 1. The summed E-state index contributed by atoms with van der Waals surface area (Å²) in [4.78, 5) is 34.0. The van der Waals surface area contributed by atoms with Gasteiger partial charge in [-0.1, -0.05) is 25.2 Å². The molecule has 0 atom stereocenters. The Labute approximate surface area is 182 Å². The zero-order valence-corrected chi connectivity index (χ0v) is 19.5. The van der Waals surface area contributed by atoms with Crippen molar-refractivity contribution in [3.05, 3.63) is 6.20 Å². The highest BCUT2D eigenvalue weighted by molar-refractivity contribution is 8.00. The Morgan fingerprint density at radius 3 is 2.45 bits per heavy atom. The third-order valence-corrected chi connectivity index (χ3v) is 8.15. The number of piperidine rings is 1.